The van der Waals surface area contributed by atoms with Gasteiger partial charge in [0.05, 0.1) is 16.3 Å². The number of nitrogens with zero attached hydrogens (tertiary/aromatic N) is 3. The summed E-state index contributed by atoms with van der Waals surface area (Å²) < 4.78 is 1.66. The maximum absolute atomic E-state index is 10.8. The average molecular weight is 281 g/mol. The van der Waals surface area contributed by atoms with Crippen molar-refractivity contribution >= 4 is 17.3 Å². The molecular formula is C12H13ClN4O2. The first kappa shape index (κ1) is 13.5. The molecule has 0 saturated heterocycles. The molecule has 0 unspecified atom stereocenters. The van der Waals surface area contributed by atoms with Crippen LogP contribution in [0.5, 0.6) is 0 Å². The third-order valence-corrected chi connectivity index (χ3v) is 3.01. The molecule has 100 valence electrons. The van der Waals surface area contributed by atoms with Gasteiger partial charge in [0.1, 0.15) is 5.02 Å². The van der Waals surface area contributed by atoms with Crippen molar-refractivity contribution in [3.8, 4) is 5.69 Å². The van der Waals surface area contributed by atoms with Gasteiger partial charge in [-0.05, 0) is 31.7 Å². The van der Waals surface area contributed by atoms with Gasteiger partial charge >= 0.3 is 0 Å². The highest BCUT2D eigenvalue weighted by Gasteiger charge is 2.16. The Bertz CT molecular complexity index is 624. The second-order valence-corrected chi connectivity index (χ2v) is 4.54. The van der Waals surface area contributed by atoms with Crippen LogP contribution in [0.1, 0.15) is 11.3 Å². The summed E-state index contributed by atoms with van der Waals surface area (Å²) in [6, 6.07) is 4.90. The normalized spacial score (nSPS) is 10.7. The minimum atomic E-state index is -0.491. The smallest absolute Gasteiger partial charge is 0.288 e. The molecule has 1 aromatic heterocycles. The van der Waals surface area contributed by atoms with Crippen LogP contribution in [0, 0.1) is 17.0 Å². The fraction of sp³-hybridized carbons (Fsp3) is 0.250. The highest BCUT2D eigenvalue weighted by Crippen LogP contribution is 2.29. The predicted octanol–water partition coefficient (Wildman–Crippen LogP) is 2.46. The Kier molecular flexibility index (Phi) is 3.82. The molecule has 6 nitrogen and oxygen atoms in total. The van der Waals surface area contributed by atoms with Gasteiger partial charge in [-0.2, -0.15) is 5.10 Å². The molecule has 1 heterocycles. The van der Waals surface area contributed by atoms with Crippen LogP contribution in [0.25, 0.3) is 5.69 Å². The fourth-order valence-corrected chi connectivity index (χ4v) is 2.04. The first-order chi connectivity index (χ1) is 9.02. The maximum atomic E-state index is 10.8. The van der Waals surface area contributed by atoms with Crippen molar-refractivity contribution in [2.24, 2.45) is 0 Å². The summed E-state index contributed by atoms with van der Waals surface area (Å²) in [5.41, 5.74) is 2.27. The molecule has 0 saturated carbocycles. The minimum Gasteiger partial charge on any atom is -0.314 e. The van der Waals surface area contributed by atoms with E-state index in [4.69, 9.17) is 11.6 Å². The van der Waals surface area contributed by atoms with E-state index in [-0.39, 0.29) is 10.7 Å². The van der Waals surface area contributed by atoms with E-state index in [2.05, 4.69) is 10.4 Å². The molecule has 1 N–H and O–H groups in total. The Morgan fingerprint density at radius 1 is 1.53 bits per heavy atom. The van der Waals surface area contributed by atoms with Crippen molar-refractivity contribution in [1.82, 2.24) is 15.1 Å². The van der Waals surface area contributed by atoms with Gasteiger partial charge in [-0.1, -0.05) is 11.6 Å². The van der Waals surface area contributed by atoms with E-state index in [0.717, 1.165) is 16.9 Å². The highest BCUT2D eigenvalue weighted by atomic mass is 35.5. The van der Waals surface area contributed by atoms with Gasteiger partial charge < -0.3 is 5.32 Å². The van der Waals surface area contributed by atoms with Crippen LogP contribution in [-0.4, -0.2) is 21.8 Å². The molecular weight excluding hydrogens is 268 g/mol. The average Bonchev–Trinajstić information content (AvgIpc) is 2.80. The Labute approximate surface area is 115 Å². The number of hydrogen-bond acceptors (Lipinski definition) is 4. The van der Waals surface area contributed by atoms with Gasteiger partial charge in [0.2, 0.25) is 0 Å². The Morgan fingerprint density at radius 2 is 2.26 bits per heavy atom. The number of halogens is 1. The molecule has 19 heavy (non-hydrogen) atoms. The first-order valence-corrected chi connectivity index (χ1v) is 6.04. The number of nitro groups is 1. The van der Waals surface area contributed by atoms with Gasteiger partial charge in [0.25, 0.3) is 5.69 Å². The van der Waals surface area contributed by atoms with E-state index in [9.17, 15) is 10.1 Å². The molecule has 2 rings (SSSR count). The second-order valence-electron chi connectivity index (χ2n) is 4.13. The lowest BCUT2D eigenvalue weighted by Gasteiger charge is -2.07. The van der Waals surface area contributed by atoms with E-state index >= 15 is 0 Å². The van der Waals surface area contributed by atoms with Gasteiger partial charge in [-0.15, -0.1) is 0 Å². The summed E-state index contributed by atoms with van der Waals surface area (Å²) in [6.45, 7) is 2.45. The summed E-state index contributed by atoms with van der Waals surface area (Å²) in [7, 11) is 1.84. The zero-order valence-electron chi connectivity index (χ0n) is 10.6. The summed E-state index contributed by atoms with van der Waals surface area (Å²) in [5, 5.41) is 18.3. The molecule has 0 bridgehead atoms. The Balaban J connectivity index is 2.44. The quantitative estimate of drug-likeness (QED) is 0.690. The van der Waals surface area contributed by atoms with E-state index in [1.54, 1.807) is 23.9 Å². The zero-order valence-corrected chi connectivity index (χ0v) is 11.3. The van der Waals surface area contributed by atoms with Crippen LogP contribution in [-0.2, 0) is 6.54 Å². The molecule has 2 aromatic rings. The third-order valence-electron chi connectivity index (χ3n) is 2.71. The zero-order chi connectivity index (χ0) is 14.0. The summed E-state index contributed by atoms with van der Waals surface area (Å²) in [5.74, 6) is 0. The van der Waals surface area contributed by atoms with E-state index < -0.39 is 4.92 Å². The van der Waals surface area contributed by atoms with Crippen LogP contribution >= 0.6 is 11.6 Å². The molecule has 0 aliphatic rings. The monoisotopic (exact) mass is 280 g/mol. The van der Waals surface area contributed by atoms with Crippen LogP contribution in [0.2, 0.25) is 5.02 Å². The molecule has 0 radical (unpaired) electrons. The molecule has 0 fully saturated rings. The van der Waals surface area contributed by atoms with Crippen molar-refractivity contribution in [1.29, 1.82) is 0 Å². The maximum Gasteiger partial charge on any atom is 0.288 e. The molecule has 7 heteroatoms. The van der Waals surface area contributed by atoms with Crippen LogP contribution in [0.3, 0.4) is 0 Å². The predicted molar refractivity (Wildman–Crippen MR) is 72.7 cm³/mol. The highest BCUT2D eigenvalue weighted by molar-refractivity contribution is 6.32. The van der Waals surface area contributed by atoms with Crippen LogP contribution in [0.15, 0.2) is 24.4 Å². The Hall–Kier alpha value is -1.92. The van der Waals surface area contributed by atoms with E-state index in [1.165, 1.54) is 6.07 Å². The minimum absolute atomic E-state index is 0.0921. The van der Waals surface area contributed by atoms with E-state index in [0.29, 0.717) is 6.54 Å². The Morgan fingerprint density at radius 3 is 2.89 bits per heavy atom. The number of benzene rings is 1. The van der Waals surface area contributed by atoms with Gasteiger partial charge in [-0.25, -0.2) is 4.68 Å². The number of nitrogens with one attached hydrogen (secondary N) is 1. The summed E-state index contributed by atoms with van der Waals surface area (Å²) in [6.07, 6.45) is 1.80. The van der Waals surface area contributed by atoms with E-state index in [1.807, 2.05) is 13.1 Å². The second kappa shape index (κ2) is 5.38. The molecule has 0 aliphatic carbocycles. The number of aryl methyl sites for hydroxylation is 1. The standard InChI is InChI=1S/C12H13ClN4O2/c1-8-5-12(17(18)19)10(13)6-11(8)16-4-3-9(15-16)7-14-2/h3-6,14H,7H2,1-2H3. The van der Waals surface area contributed by atoms with Crippen molar-refractivity contribution in [3.05, 3.63) is 50.8 Å². The molecule has 0 atom stereocenters. The van der Waals surface area contributed by atoms with Crippen LogP contribution < -0.4 is 5.32 Å². The number of aromatic nitrogens is 2. The largest absolute Gasteiger partial charge is 0.314 e. The topological polar surface area (TPSA) is 73.0 Å². The lowest BCUT2D eigenvalue weighted by Crippen LogP contribution is -2.07. The van der Waals surface area contributed by atoms with Crippen molar-refractivity contribution < 1.29 is 4.92 Å². The molecule has 0 spiro atoms. The van der Waals surface area contributed by atoms with Gasteiger partial charge in [0.15, 0.2) is 0 Å². The first-order valence-electron chi connectivity index (χ1n) is 5.67. The molecule has 1 aromatic carbocycles. The molecule has 0 aliphatic heterocycles. The molecule has 0 amide bonds. The number of nitro benzene ring substituents is 1. The van der Waals surface area contributed by atoms with Crippen molar-refractivity contribution in [2.75, 3.05) is 7.05 Å². The van der Waals surface area contributed by atoms with Crippen molar-refractivity contribution in [2.45, 2.75) is 13.5 Å². The van der Waals surface area contributed by atoms with Gasteiger partial charge in [0, 0.05) is 18.8 Å². The number of hydrogen-bond donors (Lipinski definition) is 1. The van der Waals surface area contributed by atoms with Crippen molar-refractivity contribution in [3.63, 3.8) is 0 Å². The summed E-state index contributed by atoms with van der Waals surface area (Å²) >= 11 is 5.92. The summed E-state index contributed by atoms with van der Waals surface area (Å²) in [4.78, 5) is 10.3. The number of rotatable bonds is 4. The SMILES string of the molecule is CNCc1ccn(-c2cc(Cl)c([N+](=O)[O-])cc2C)n1. The fourth-order valence-electron chi connectivity index (χ4n) is 1.81. The third kappa shape index (κ3) is 2.74. The lowest BCUT2D eigenvalue weighted by molar-refractivity contribution is -0.384. The van der Waals surface area contributed by atoms with Crippen LogP contribution in [0.4, 0.5) is 5.69 Å². The lowest BCUT2D eigenvalue weighted by atomic mass is 10.2. The van der Waals surface area contributed by atoms with Gasteiger partial charge in [-0.3, -0.25) is 10.1 Å².